The van der Waals surface area contributed by atoms with E-state index in [2.05, 4.69) is 31.2 Å². The van der Waals surface area contributed by atoms with Gasteiger partial charge in [0.25, 0.3) is 0 Å². The third-order valence-electron chi connectivity index (χ3n) is 3.16. The largest absolute Gasteiger partial charge is 0.327 e. The molecule has 0 radical (unpaired) electrons. The van der Waals surface area contributed by atoms with Crippen LogP contribution in [-0.4, -0.2) is 6.04 Å². The maximum atomic E-state index is 6.06. The Bertz CT molecular complexity index is 268. The van der Waals surface area contributed by atoms with Gasteiger partial charge in [0.1, 0.15) is 0 Å². The van der Waals surface area contributed by atoms with Crippen molar-refractivity contribution >= 4 is 0 Å². The first-order valence-corrected chi connectivity index (χ1v) is 5.13. The van der Waals surface area contributed by atoms with Crippen molar-refractivity contribution in [1.82, 2.24) is 0 Å². The van der Waals surface area contributed by atoms with Gasteiger partial charge in [0.2, 0.25) is 0 Å². The second-order valence-corrected chi connectivity index (χ2v) is 4.01. The molecule has 1 unspecified atom stereocenters. The second-order valence-electron chi connectivity index (χ2n) is 4.01. The summed E-state index contributed by atoms with van der Waals surface area (Å²) in [5.41, 5.74) is 9.08. The molecule has 70 valence electrons. The fourth-order valence-electron chi connectivity index (χ4n) is 2.23. The summed E-state index contributed by atoms with van der Waals surface area (Å²) >= 11 is 0. The maximum absolute atomic E-state index is 6.06. The van der Waals surface area contributed by atoms with Crippen molar-refractivity contribution in [3.8, 4) is 0 Å². The van der Waals surface area contributed by atoms with E-state index in [4.69, 9.17) is 5.73 Å². The van der Waals surface area contributed by atoms with Crippen LogP contribution in [0, 0.1) is 5.92 Å². The van der Waals surface area contributed by atoms with E-state index >= 15 is 0 Å². The Hall–Kier alpha value is -0.820. The Kier molecular flexibility index (Phi) is 2.36. The molecule has 0 amide bonds. The molecule has 2 N–H and O–H groups in total. The van der Waals surface area contributed by atoms with Crippen molar-refractivity contribution in [2.45, 2.75) is 32.2 Å². The van der Waals surface area contributed by atoms with E-state index in [1.165, 1.54) is 24.0 Å². The lowest BCUT2D eigenvalue weighted by atomic mass is 9.95. The fourth-order valence-corrected chi connectivity index (χ4v) is 2.23. The highest BCUT2D eigenvalue weighted by Gasteiger charge is 2.24. The molecule has 0 spiro atoms. The summed E-state index contributed by atoms with van der Waals surface area (Å²) in [6, 6.07) is 9.10. The summed E-state index contributed by atoms with van der Waals surface area (Å²) < 4.78 is 0. The van der Waals surface area contributed by atoms with Crippen molar-refractivity contribution in [2.24, 2.45) is 11.7 Å². The van der Waals surface area contributed by atoms with Gasteiger partial charge in [0.15, 0.2) is 0 Å². The summed E-state index contributed by atoms with van der Waals surface area (Å²) in [7, 11) is 0. The third kappa shape index (κ3) is 1.61. The number of nitrogens with two attached hydrogens (primary N) is 1. The monoisotopic (exact) mass is 175 g/mol. The van der Waals surface area contributed by atoms with E-state index < -0.39 is 0 Å². The number of hydrogen-bond donors (Lipinski definition) is 1. The number of fused-ring (bicyclic) bond motifs is 1. The zero-order chi connectivity index (χ0) is 9.26. The highest BCUT2D eigenvalue weighted by atomic mass is 14.6. The average molecular weight is 175 g/mol. The Labute approximate surface area is 80.0 Å². The van der Waals surface area contributed by atoms with Crippen LogP contribution in [0.15, 0.2) is 24.3 Å². The molecule has 0 saturated carbocycles. The van der Waals surface area contributed by atoms with Crippen LogP contribution < -0.4 is 5.73 Å². The van der Waals surface area contributed by atoms with Crippen molar-refractivity contribution < 1.29 is 0 Å². The zero-order valence-electron chi connectivity index (χ0n) is 8.16. The Morgan fingerprint density at radius 3 is 2.31 bits per heavy atom. The number of hydrogen-bond acceptors (Lipinski definition) is 1. The summed E-state index contributed by atoms with van der Waals surface area (Å²) in [5, 5.41) is 0. The van der Waals surface area contributed by atoms with Gasteiger partial charge in [-0.2, -0.15) is 0 Å². The first-order chi connectivity index (χ1) is 6.31. The summed E-state index contributed by atoms with van der Waals surface area (Å²) in [5.74, 6) is 0.683. The molecular formula is C12H17N. The summed E-state index contributed by atoms with van der Waals surface area (Å²) in [4.78, 5) is 0. The Morgan fingerprint density at radius 2 is 1.85 bits per heavy atom. The normalized spacial score (nSPS) is 18.6. The molecule has 1 aliphatic carbocycles. The lowest BCUT2D eigenvalue weighted by molar-refractivity contribution is 0.429. The molecule has 1 nitrogen and oxygen atoms in total. The predicted molar refractivity (Wildman–Crippen MR) is 55.6 cm³/mol. The number of rotatable bonds is 2. The summed E-state index contributed by atoms with van der Waals surface area (Å²) in [6.45, 7) is 2.17. The predicted octanol–water partition coefficient (Wildman–Crippen LogP) is 2.14. The van der Waals surface area contributed by atoms with Gasteiger partial charge in [-0.05, 0) is 36.3 Å². The van der Waals surface area contributed by atoms with Gasteiger partial charge in [0, 0.05) is 6.04 Å². The molecule has 0 fully saturated rings. The quantitative estimate of drug-likeness (QED) is 0.732. The van der Waals surface area contributed by atoms with Crippen LogP contribution >= 0.6 is 0 Å². The van der Waals surface area contributed by atoms with Crippen molar-refractivity contribution in [1.29, 1.82) is 0 Å². The first kappa shape index (κ1) is 8.76. The van der Waals surface area contributed by atoms with Gasteiger partial charge >= 0.3 is 0 Å². The molecule has 0 saturated heterocycles. The molecule has 1 aromatic carbocycles. The van der Waals surface area contributed by atoms with Crippen LogP contribution in [0.4, 0.5) is 0 Å². The van der Waals surface area contributed by atoms with E-state index in [0.717, 1.165) is 6.42 Å². The standard InChI is InChI=1S/C12H17N/c1-2-12(13)11-7-9-5-3-4-6-10(9)8-11/h3-6,11-12H,2,7-8,13H2,1H3. The highest BCUT2D eigenvalue weighted by Crippen LogP contribution is 2.28. The fraction of sp³-hybridized carbons (Fsp3) is 0.500. The van der Waals surface area contributed by atoms with E-state index in [9.17, 15) is 0 Å². The van der Waals surface area contributed by atoms with Crippen LogP contribution in [-0.2, 0) is 12.8 Å². The third-order valence-corrected chi connectivity index (χ3v) is 3.16. The molecule has 0 bridgehead atoms. The molecule has 1 aliphatic rings. The van der Waals surface area contributed by atoms with Gasteiger partial charge < -0.3 is 5.73 Å². The van der Waals surface area contributed by atoms with E-state index in [0.29, 0.717) is 12.0 Å². The van der Waals surface area contributed by atoms with Gasteiger partial charge in [-0.15, -0.1) is 0 Å². The smallest absolute Gasteiger partial charge is 0.00708 e. The molecule has 0 aliphatic heterocycles. The lowest BCUT2D eigenvalue weighted by Gasteiger charge is -2.16. The minimum absolute atomic E-state index is 0.382. The zero-order valence-corrected chi connectivity index (χ0v) is 8.16. The minimum Gasteiger partial charge on any atom is -0.327 e. The number of benzene rings is 1. The van der Waals surface area contributed by atoms with Crippen molar-refractivity contribution in [2.75, 3.05) is 0 Å². The highest BCUT2D eigenvalue weighted by molar-refractivity contribution is 5.32. The topological polar surface area (TPSA) is 26.0 Å². The van der Waals surface area contributed by atoms with Crippen LogP contribution in [0.3, 0.4) is 0 Å². The van der Waals surface area contributed by atoms with Gasteiger partial charge in [0.05, 0.1) is 0 Å². The van der Waals surface area contributed by atoms with Crippen LogP contribution in [0.2, 0.25) is 0 Å². The molecule has 0 aromatic heterocycles. The molecule has 0 heterocycles. The summed E-state index contributed by atoms with van der Waals surface area (Å²) in [6.07, 6.45) is 3.47. The first-order valence-electron chi connectivity index (χ1n) is 5.13. The molecule has 2 rings (SSSR count). The molecular weight excluding hydrogens is 158 g/mol. The maximum Gasteiger partial charge on any atom is 0.00708 e. The molecule has 1 aromatic rings. The minimum atomic E-state index is 0.382. The van der Waals surface area contributed by atoms with Crippen LogP contribution in [0.25, 0.3) is 0 Å². The van der Waals surface area contributed by atoms with Crippen LogP contribution in [0.5, 0.6) is 0 Å². The Morgan fingerprint density at radius 1 is 1.31 bits per heavy atom. The molecule has 13 heavy (non-hydrogen) atoms. The molecule has 1 heteroatoms. The van der Waals surface area contributed by atoms with Gasteiger partial charge in [-0.3, -0.25) is 0 Å². The van der Waals surface area contributed by atoms with E-state index in [1.807, 2.05) is 0 Å². The lowest BCUT2D eigenvalue weighted by Crippen LogP contribution is -2.29. The Balaban J connectivity index is 2.14. The van der Waals surface area contributed by atoms with Gasteiger partial charge in [-0.25, -0.2) is 0 Å². The van der Waals surface area contributed by atoms with Crippen molar-refractivity contribution in [3.63, 3.8) is 0 Å². The van der Waals surface area contributed by atoms with Gasteiger partial charge in [-0.1, -0.05) is 31.2 Å². The average Bonchev–Trinajstić information content (AvgIpc) is 2.59. The van der Waals surface area contributed by atoms with Crippen LogP contribution in [0.1, 0.15) is 24.5 Å². The molecule has 1 atom stereocenters. The second kappa shape index (κ2) is 3.51. The van der Waals surface area contributed by atoms with E-state index in [-0.39, 0.29) is 0 Å². The SMILES string of the molecule is CCC(N)C1Cc2ccccc2C1. The van der Waals surface area contributed by atoms with Crippen molar-refractivity contribution in [3.05, 3.63) is 35.4 Å². The van der Waals surface area contributed by atoms with E-state index in [1.54, 1.807) is 0 Å².